The highest BCUT2D eigenvalue weighted by molar-refractivity contribution is 6.26. The van der Waals surface area contributed by atoms with Crippen LogP contribution in [0.15, 0.2) is 22.8 Å². The maximum absolute atomic E-state index is 10.6. The number of carbonyl (C=O) groups is 1. The van der Waals surface area contributed by atoms with Gasteiger partial charge < -0.3 is 5.11 Å². The smallest absolute Gasteiger partial charge is 0.475 e. The van der Waals surface area contributed by atoms with Crippen LogP contribution < -0.4 is 0 Å². The van der Waals surface area contributed by atoms with Crippen LogP contribution in [-0.4, -0.2) is 35.1 Å². The van der Waals surface area contributed by atoms with Gasteiger partial charge in [0, 0.05) is 12.4 Å². The number of hydrogen-bond donors (Lipinski definition) is 2. The molecule has 5 nitrogen and oxygen atoms in total. The zero-order valence-corrected chi connectivity index (χ0v) is 7.58. The highest BCUT2D eigenvalue weighted by Crippen LogP contribution is 2.13. The second kappa shape index (κ2) is 5.62. The molecule has 1 aliphatic heterocycles. The summed E-state index contributed by atoms with van der Waals surface area (Å²) in [6, 6.07) is 0. The molecule has 0 atom stereocenters. The molecule has 0 amide bonds. The SMILES string of the molecule is N=C1C=CN=CC1=C=O.O=C(O)C(F)(F)F. The number of halogens is 3. The number of aliphatic carboxylic acids is 1. The zero-order valence-electron chi connectivity index (χ0n) is 7.58. The number of rotatable bonds is 0. The maximum atomic E-state index is 10.6. The molecule has 0 fully saturated rings. The van der Waals surface area contributed by atoms with Gasteiger partial charge in [-0.25, -0.2) is 9.59 Å². The average Bonchev–Trinajstić information content (AvgIpc) is 2.18. The van der Waals surface area contributed by atoms with Crippen molar-refractivity contribution in [3.8, 4) is 0 Å². The number of alkyl halides is 3. The molecule has 0 aromatic heterocycles. The Morgan fingerprint density at radius 3 is 2.25 bits per heavy atom. The molecule has 0 aliphatic carbocycles. The summed E-state index contributed by atoms with van der Waals surface area (Å²) in [5.41, 5.74) is 0.373. The lowest BCUT2D eigenvalue weighted by Crippen LogP contribution is -2.21. The molecule has 1 heterocycles. The van der Waals surface area contributed by atoms with Gasteiger partial charge in [-0.1, -0.05) is 0 Å². The predicted octanol–water partition coefficient (Wildman–Crippen LogP) is 0.996. The van der Waals surface area contributed by atoms with Crippen molar-refractivity contribution in [2.45, 2.75) is 6.18 Å². The average molecular weight is 234 g/mol. The van der Waals surface area contributed by atoms with Crippen molar-refractivity contribution in [1.29, 1.82) is 5.41 Å². The fraction of sp³-hybridized carbons (Fsp3) is 0.125. The van der Waals surface area contributed by atoms with Gasteiger partial charge in [0.2, 0.25) is 0 Å². The van der Waals surface area contributed by atoms with E-state index in [0.29, 0.717) is 0 Å². The van der Waals surface area contributed by atoms with Crippen LogP contribution in [0.25, 0.3) is 0 Å². The molecule has 0 radical (unpaired) electrons. The molecular formula is C8H5F3N2O3. The van der Waals surface area contributed by atoms with Gasteiger partial charge in [0.1, 0.15) is 11.5 Å². The minimum absolute atomic E-state index is 0.167. The van der Waals surface area contributed by atoms with Crippen molar-refractivity contribution in [3.63, 3.8) is 0 Å². The number of aliphatic imine (C=N–C) groups is 1. The van der Waals surface area contributed by atoms with Crippen LogP contribution in [-0.2, 0) is 9.59 Å². The number of hydrogen-bond acceptors (Lipinski definition) is 4. The van der Waals surface area contributed by atoms with Crippen LogP contribution in [0.3, 0.4) is 0 Å². The fourth-order valence-corrected chi connectivity index (χ4v) is 0.476. The second-order valence-electron chi connectivity index (χ2n) is 2.33. The van der Waals surface area contributed by atoms with E-state index < -0.39 is 12.1 Å². The molecule has 16 heavy (non-hydrogen) atoms. The van der Waals surface area contributed by atoms with Crippen LogP contribution in [0.5, 0.6) is 0 Å². The Kier molecular flexibility index (Phi) is 4.84. The molecule has 0 saturated heterocycles. The van der Waals surface area contributed by atoms with Gasteiger partial charge >= 0.3 is 12.1 Å². The van der Waals surface area contributed by atoms with E-state index in [1.54, 1.807) is 5.94 Å². The number of carbonyl (C=O) groups excluding carboxylic acids is 1. The first kappa shape index (κ1) is 13.8. The Labute approximate surface area is 87.1 Å². The summed E-state index contributed by atoms with van der Waals surface area (Å²) in [6.07, 6.45) is -0.862. The Morgan fingerprint density at radius 2 is 2.00 bits per heavy atom. The van der Waals surface area contributed by atoms with Gasteiger partial charge in [-0.2, -0.15) is 13.2 Å². The number of nitrogens with one attached hydrogen (secondary N) is 1. The minimum Gasteiger partial charge on any atom is -0.475 e. The zero-order chi connectivity index (χ0) is 12.8. The van der Waals surface area contributed by atoms with E-state index in [-0.39, 0.29) is 11.3 Å². The third-order valence-electron chi connectivity index (χ3n) is 1.17. The number of carboxylic acids is 1. The van der Waals surface area contributed by atoms with Crippen molar-refractivity contribution in [2.75, 3.05) is 0 Å². The molecule has 0 unspecified atom stereocenters. The molecule has 0 aromatic carbocycles. The number of carboxylic acid groups (broad SMARTS) is 1. The summed E-state index contributed by atoms with van der Waals surface area (Å²) in [7, 11) is 0. The predicted molar refractivity (Wildman–Crippen MR) is 48.3 cm³/mol. The first-order valence-corrected chi connectivity index (χ1v) is 3.63. The Bertz CT molecular complexity index is 403. The van der Waals surface area contributed by atoms with E-state index in [0.717, 1.165) is 0 Å². The molecule has 0 saturated carbocycles. The molecule has 0 bridgehead atoms. The molecule has 2 N–H and O–H groups in total. The molecular weight excluding hydrogens is 229 g/mol. The van der Waals surface area contributed by atoms with E-state index in [1.165, 1.54) is 18.5 Å². The number of nitrogens with zero attached hydrogens (tertiary/aromatic N) is 1. The largest absolute Gasteiger partial charge is 0.490 e. The van der Waals surface area contributed by atoms with Crippen molar-refractivity contribution in [3.05, 3.63) is 17.8 Å². The summed E-state index contributed by atoms with van der Waals surface area (Å²) >= 11 is 0. The lowest BCUT2D eigenvalue weighted by Gasteiger charge is -1.94. The molecule has 1 rings (SSSR count). The standard InChI is InChI=1S/C6H4N2O.C2HF3O2/c7-6-1-2-8-3-5(6)4-9;3-2(4,5)1(6)7/h1-3,7H;(H,6,7). The van der Waals surface area contributed by atoms with E-state index in [9.17, 15) is 18.0 Å². The van der Waals surface area contributed by atoms with Gasteiger partial charge in [0.05, 0.1) is 5.71 Å². The quantitative estimate of drug-likeness (QED) is 0.612. The third kappa shape index (κ3) is 4.87. The van der Waals surface area contributed by atoms with E-state index in [4.69, 9.17) is 15.3 Å². The van der Waals surface area contributed by atoms with Gasteiger partial charge in [-0.15, -0.1) is 0 Å². The lowest BCUT2D eigenvalue weighted by molar-refractivity contribution is -0.192. The first-order chi connectivity index (χ1) is 7.29. The van der Waals surface area contributed by atoms with Crippen molar-refractivity contribution < 1.29 is 27.9 Å². The third-order valence-corrected chi connectivity index (χ3v) is 1.17. The van der Waals surface area contributed by atoms with Crippen LogP contribution >= 0.6 is 0 Å². The minimum atomic E-state index is -5.08. The van der Waals surface area contributed by atoms with Crippen molar-refractivity contribution >= 4 is 23.8 Å². The van der Waals surface area contributed by atoms with Crippen LogP contribution in [0.1, 0.15) is 0 Å². The summed E-state index contributed by atoms with van der Waals surface area (Å²) in [6.45, 7) is 0. The molecule has 86 valence electrons. The van der Waals surface area contributed by atoms with Crippen molar-refractivity contribution in [1.82, 2.24) is 0 Å². The first-order valence-electron chi connectivity index (χ1n) is 3.63. The Morgan fingerprint density at radius 1 is 1.50 bits per heavy atom. The second-order valence-corrected chi connectivity index (χ2v) is 2.33. The maximum Gasteiger partial charge on any atom is 0.490 e. The highest BCUT2D eigenvalue weighted by Gasteiger charge is 2.38. The van der Waals surface area contributed by atoms with E-state index in [2.05, 4.69) is 4.99 Å². The van der Waals surface area contributed by atoms with Gasteiger partial charge in [-0.05, 0) is 6.08 Å². The van der Waals surface area contributed by atoms with Crippen LogP contribution in [0.2, 0.25) is 0 Å². The molecule has 8 heteroatoms. The van der Waals surface area contributed by atoms with E-state index >= 15 is 0 Å². The normalized spacial score (nSPS) is 13.9. The fourth-order valence-electron chi connectivity index (χ4n) is 0.476. The summed E-state index contributed by atoms with van der Waals surface area (Å²) in [5.74, 6) is -1.16. The highest BCUT2D eigenvalue weighted by atomic mass is 19.4. The van der Waals surface area contributed by atoms with Gasteiger partial charge in [0.25, 0.3) is 0 Å². The number of allylic oxidation sites excluding steroid dienone is 2. The Balaban J connectivity index is 0.000000293. The van der Waals surface area contributed by atoms with Crippen LogP contribution in [0.4, 0.5) is 13.2 Å². The topological polar surface area (TPSA) is 90.6 Å². The van der Waals surface area contributed by atoms with Gasteiger partial charge in [0.15, 0.2) is 0 Å². The summed E-state index contributed by atoms with van der Waals surface area (Å²) < 4.78 is 31.7. The molecule has 1 aliphatic rings. The Hall–Kier alpha value is -2.21. The molecule has 0 spiro atoms. The van der Waals surface area contributed by atoms with Gasteiger partial charge in [-0.3, -0.25) is 10.4 Å². The van der Waals surface area contributed by atoms with Crippen molar-refractivity contribution in [2.24, 2.45) is 4.99 Å². The lowest BCUT2D eigenvalue weighted by atomic mass is 10.2. The monoisotopic (exact) mass is 234 g/mol. The summed E-state index contributed by atoms with van der Waals surface area (Å²) in [5, 5.41) is 14.2. The molecule has 0 aromatic rings. The van der Waals surface area contributed by atoms with Crippen LogP contribution in [0, 0.1) is 5.41 Å². The summed E-state index contributed by atoms with van der Waals surface area (Å²) in [4.78, 5) is 22.5. The van der Waals surface area contributed by atoms with E-state index in [1.807, 2.05) is 0 Å².